The first kappa shape index (κ1) is 33.1. The second-order valence-corrected chi connectivity index (χ2v) is 10.6. The predicted octanol–water partition coefficient (Wildman–Crippen LogP) is 4.78. The van der Waals surface area contributed by atoms with Gasteiger partial charge in [-0.2, -0.15) is 0 Å². The lowest BCUT2D eigenvalue weighted by Gasteiger charge is -2.24. The summed E-state index contributed by atoms with van der Waals surface area (Å²) in [5.74, 6) is -1.45. The van der Waals surface area contributed by atoms with Gasteiger partial charge in [0.1, 0.15) is 12.6 Å². The molecule has 214 valence electrons. The van der Waals surface area contributed by atoms with Crippen LogP contribution < -0.4 is 14.8 Å². The van der Waals surface area contributed by atoms with Gasteiger partial charge in [-0.05, 0) is 71.1 Å². The molecule has 0 aromatic heterocycles. The topological polar surface area (TPSA) is 117 Å². The molecule has 0 saturated heterocycles. The number of hydrogen-bond donors (Lipinski definition) is 1. The van der Waals surface area contributed by atoms with Crippen molar-refractivity contribution in [1.29, 1.82) is 0 Å². The summed E-state index contributed by atoms with van der Waals surface area (Å²) in [5.41, 5.74) is -0.813. The number of nitrogens with one attached hydrogen (secondary N) is 1. The van der Waals surface area contributed by atoms with Crippen LogP contribution in [0.3, 0.4) is 0 Å². The van der Waals surface area contributed by atoms with Crippen LogP contribution in [-0.4, -0.2) is 50.2 Å². The zero-order chi connectivity index (χ0) is 28.9. The fraction of sp³-hybridized carbons (Fsp3) is 0.655. The third-order valence-electron chi connectivity index (χ3n) is 6.70. The number of hydrogen-bond acceptors (Lipinski definition) is 9. The smallest absolute Gasteiger partial charge is 0.323 e. The molecule has 1 N–H and O–H groups in total. The van der Waals surface area contributed by atoms with Crippen LogP contribution >= 0.6 is 0 Å². The maximum Gasteiger partial charge on any atom is 0.323 e. The van der Waals surface area contributed by atoms with Crippen LogP contribution in [-0.2, 0) is 35.1 Å². The van der Waals surface area contributed by atoms with Crippen LogP contribution in [0.15, 0.2) is 18.2 Å². The molecular formula is C29H45NO8. The Kier molecular flexibility index (Phi) is 13.5. The standard InChI is InChI=1S/C29H45NO8/c1-9-12-13-24(31)36-17-16-30-21(25(32)35-8)18-20-14-15-22(37-26(33)28(4,5)10-2)23(19-20)38-27(34)29(6,7)11-3/h14-15,19,21,30H,9-13,16-18H2,1-8H3/t21-/m0/s1. The monoisotopic (exact) mass is 535 g/mol. The Balaban J connectivity index is 3.12. The van der Waals surface area contributed by atoms with E-state index < -0.39 is 34.8 Å². The van der Waals surface area contributed by atoms with Crippen molar-refractivity contribution in [1.82, 2.24) is 5.32 Å². The van der Waals surface area contributed by atoms with Crippen molar-refractivity contribution in [2.45, 2.75) is 93.0 Å². The second kappa shape index (κ2) is 15.5. The number of carbonyl (C=O) groups is 4. The minimum atomic E-state index is -0.745. The SMILES string of the molecule is CCCCC(=O)OCCN[C@@H](Cc1ccc(OC(=O)C(C)(C)CC)c(OC(=O)C(C)(C)CC)c1)C(=O)OC. The largest absolute Gasteiger partial charge is 0.468 e. The van der Waals surface area contributed by atoms with E-state index in [2.05, 4.69) is 5.32 Å². The van der Waals surface area contributed by atoms with E-state index >= 15 is 0 Å². The van der Waals surface area contributed by atoms with E-state index in [0.717, 1.165) is 12.8 Å². The van der Waals surface area contributed by atoms with E-state index in [1.54, 1.807) is 45.9 Å². The molecule has 1 aromatic rings. The molecule has 9 heteroatoms. The summed E-state index contributed by atoms with van der Waals surface area (Å²) in [6.45, 7) is 13.3. The van der Waals surface area contributed by atoms with E-state index in [9.17, 15) is 19.2 Å². The highest BCUT2D eigenvalue weighted by Gasteiger charge is 2.31. The summed E-state index contributed by atoms with van der Waals surface area (Å²) in [6.07, 6.45) is 3.36. The van der Waals surface area contributed by atoms with Crippen LogP contribution in [0.2, 0.25) is 0 Å². The highest BCUT2D eigenvalue weighted by atomic mass is 16.6. The van der Waals surface area contributed by atoms with E-state index in [1.165, 1.54) is 7.11 Å². The molecule has 0 spiro atoms. The first-order valence-electron chi connectivity index (χ1n) is 13.4. The van der Waals surface area contributed by atoms with Gasteiger partial charge in [0.05, 0.1) is 17.9 Å². The van der Waals surface area contributed by atoms with Gasteiger partial charge >= 0.3 is 23.9 Å². The minimum absolute atomic E-state index is 0.0998. The first-order chi connectivity index (χ1) is 17.8. The average Bonchev–Trinajstić information content (AvgIpc) is 2.89. The maximum absolute atomic E-state index is 12.8. The molecule has 9 nitrogen and oxygen atoms in total. The summed E-state index contributed by atoms with van der Waals surface area (Å²) in [5, 5.41) is 3.05. The van der Waals surface area contributed by atoms with Crippen molar-refractivity contribution >= 4 is 23.9 Å². The molecule has 0 bridgehead atoms. The lowest BCUT2D eigenvalue weighted by molar-refractivity contribution is -0.147. The van der Waals surface area contributed by atoms with Crippen molar-refractivity contribution in [3.63, 3.8) is 0 Å². The second-order valence-electron chi connectivity index (χ2n) is 10.6. The number of carbonyl (C=O) groups excluding carboxylic acids is 4. The molecule has 1 aromatic carbocycles. The third-order valence-corrected chi connectivity index (χ3v) is 6.70. The van der Waals surface area contributed by atoms with Crippen molar-refractivity contribution in [3.05, 3.63) is 23.8 Å². The highest BCUT2D eigenvalue weighted by molar-refractivity contribution is 5.81. The van der Waals surface area contributed by atoms with Crippen molar-refractivity contribution in [3.8, 4) is 11.5 Å². The van der Waals surface area contributed by atoms with Crippen molar-refractivity contribution in [2.24, 2.45) is 10.8 Å². The van der Waals surface area contributed by atoms with Gasteiger partial charge in [0, 0.05) is 13.0 Å². The number of methoxy groups -OCH3 is 1. The van der Waals surface area contributed by atoms with Gasteiger partial charge in [0.15, 0.2) is 11.5 Å². The van der Waals surface area contributed by atoms with Crippen LogP contribution in [0.4, 0.5) is 0 Å². The third kappa shape index (κ3) is 10.4. The molecule has 38 heavy (non-hydrogen) atoms. The maximum atomic E-state index is 12.8. The molecule has 0 saturated carbocycles. The fourth-order valence-electron chi connectivity index (χ4n) is 3.02. The molecule has 0 amide bonds. The molecule has 0 aliphatic heterocycles. The Morgan fingerprint density at radius 1 is 0.895 bits per heavy atom. The van der Waals surface area contributed by atoms with Gasteiger partial charge in [-0.25, -0.2) is 0 Å². The highest BCUT2D eigenvalue weighted by Crippen LogP contribution is 2.34. The summed E-state index contributed by atoms with van der Waals surface area (Å²) >= 11 is 0. The van der Waals surface area contributed by atoms with Gasteiger partial charge in [0.2, 0.25) is 0 Å². The molecule has 0 fully saturated rings. The average molecular weight is 536 g/mol. The molecule has 0 radical (unpaired) electrons. The summed E-state index contributed by atoms with van der Waals surface area (Å²) in [7, 11) is 1.29. The lowest BCUT2D eigenvalue weighted by atomic mass is 9.90. The van der Waals surface area contributed by atoms with Gasteiger partial charge in [-0.1, -0.05) is 33.3 Å². The number of rotatable bonds is 16. The van der Waals surface area contributed by atoms with Gasteiger partial charge in [0.25, 0.3) is 0 Å². The van der Waals surface area contributed by atoms with Crippen molar-refractivity contribution in [2.75, 3.05) is 20.3 Å². The minimum Gasteiger partial charge on any atom is -0.468 e. The van der Waals surface area contributed by atoms with Crippen molar-refractivity contribution < 1.29 is 38.1 Å². The van der Waals surface area contributed by atoms with E-state index in [-0.39, 0.29) is 37.0 Å². The molecule has 0 aliphatic rings. The number of ether oxygens (including phenoxy) is 4. The Labute approximate surface area is 226 Å². The van der Waals surface area contributed by atoms with E-state index in [4.69, 9.17) is 18.9 Å². The first-order valence-corrected chi connectivity index (χ1v) is 13.4. The molecule has 1 atom stereocenters. The summed E-state index contributed by atoms with van der Waals surface area (Å²) in [6, 6.07) is 4.11. The van der Waals surface area contributed by atoms with E-state index in [1.807, 2.05) is 20.8 Å². The van der Waals surface area contributed by atoms with Crippen LogP contribution in [0.5, 0.6) is 11.5 Å². The Morgan fingerprint density at radius 3 is 2.00 bits per heavy atom. The molecular weight excluding hydrogens is 490 g/mol. The Bertz CT molecular complexity index is 954. The summed E-state index contributed by atoms with van der Waals surface area (Å²) in [4.78, 5) is 49.7. The Morgan fingerprint density at radius 2 is 1.47 bits per heavy atom. The normalized spacial score (nSPS) is 12.4. The predicted molar refractivity (Wildman–Crippen MR) is 144 cm³/mol. The zero-order valence-electron chi connectivity index (χ0n) is 24.2. The molecule has 0 heterocycles. The van der Waals surface area contributed by atoms with Gasteiger partial charge < -0.3 is 24.3 Å². The Hall–Kier alpha value is -2.94. The van der Waals surface area contributed by atoms with Gasteiger partial charge in [-0.3, -0.25) is 19.2 Å². The summed E-state index contributed by atoms with van der Waals surface area (Å²) < 4.78 is 21.5. The van der Waals surface area contributed by atoms with Crippen LogP contribution in [0.25, 0.3) is 0 Å². The molecule has 1 rings (SSSR count). The van der Waals surface area contributed by atoms with E-state index in [0.29, 0.717) is 24.8 Å². The zero-order valence-corrected chi connectivity index (χ0v) is 24.2. The van der Waals surface area contributed by atoms with Crippen LogP contribution in [0.1, 0.15) is 86.1 Å². The lowest BCUT2D eigenvalue weighted by Crippen LogP contribution is -2.41. The number of esters is 4. The van der Waals surface area contributed by atoms with Gasteiger partial charge in [-0.15, -0.1) is 0 Å². The quantitative estimate of drug-likeness (QED) is 0.181. The fourth-order valence-corrected chi connectivity index (χ4v) is 3.02. The molecule has 0 unspecified atom stereocenters. The number of benzene rings is 1. The molecule has 0 aliphatic carbocycles. The van der Waals surface area contributed by atoms with Crippen LogP contribution in [0, 0.1) is 10.8 Å². The number of unbranched alkanes of at least 4 members (excludes halogenated alkanes) is 1.